The third-order valence-electron chi connectivity index (χ3n) is 3.22. The van der Waals surface area contributed by atoms with Crippen molar-refractivity contribution >= 4 is 22.0 Å². The lowest BCUT2D eigenvalue weighted by Crippen LogP contribution is -1.89. The summed E-state index contributed by atoms with van der Waals surface area (Å²) in [5, 5.41) is 0. The molecule has 0 heterocycles. The van der Waals surface area contributed by atoms with E-state index in [4.69, 9.17) is 0 Å². The number of hydrogen-bond acceptors (Lipinski definition) is 0. The zero-order valence-corrected chi connectivity index (χ0v) is 11.3. The average molecular weight is 285 g/mol. The Bertz CT molecular complexity index is 591. The van der Waals surface area contributed by atoms with Crippen LogP contribution in [0.3, 0.4) is 0 Å². The molecule has 0 bridgehead atoms. The van der Waals surface area contributed by atoms with E-state index in [9.17, 15) is 0 Å². The zero-order chi connectivity index (χ0) is 11.8. The Hall–Kier alpha value is -1.34. The Morgan fingerprint density at radius 3 is 2.53 bits per heavy atom. The highest BCUT2D eigenvalue weighted by atomic mass is 79.9. The molecule has 84 valence electrons. The van der Waals surface area contributed by atoms with Gasteiger partial charge in [-0.25, -0.2) is 0 Å². The molecule has 0 N–H and O–H groups in total. The number of benzene rings is 2. The van der Waals surface area contributed by atoms with Crippen LogP contribution in [-0.4, -0.2) is 0 Å². The van der Waals surface area contributed by atoms with E-state index in [-0.39, 0.29) is 0 Å². The monoisotopic (exact) mass is 284 g/mol. The van der Waals surface area contributed by atoms with Crippen LogP contribution in [0.1, 0.15) is 18.1 Å². The second kappa shape index (κ2) is 4.15. The van der Waals surface area contributed by atoms with E-state index in [1.54, 1.807) is 0 Å². The van der Waals surface area contributed by atoms with Crippen LogP contribution in [0, 0.1) is 0 Å². The summed E-state index contributed by atoms with van der Waals surface area (Å²) in [5.41, 5.74) is 6.95. The molecule has 0 saturated heterocycles. The fraction of sp³-hybridized carbons (Fsp3) is 0.125. The normalized spacial score (nSPS) is 13.4. The smallest absolute Gasteiger partial charge is 0.0175 e. The summed E-state index contributed by atoms with van der Waals surface area (Å²) in [4.78, 5) is 0. The minimum Gasteiger partial charge on any atom is -0.0683 e. The number of hydrogen-bond donors (Lipinski definition) is 0. The maximum atomic E-state index is 3.48. The molecule has 1 heteroatoms. The molecule has 3 rings (SSSR count). The number of fused-ring (bicyclic) bond motifs is 1. The van der Waals surface area contributed by atoms with E-state index >= 15 is 0 Å². The summed E-state index contributed by atoms with van der Waals surface area (Å²) in [6, 6.07) is 15.1. The van der Waals surface area contributed by atoms with Crippen LogP contribution < -0.4 is 0 Å². The van der Waals surface area contributed by atoms with Gasteiger partial charge in [-0.1, -0.05) is 57.9 Å². The van der Waals surface area contributed by atoms with Gasteiger partial charge in [0.15, 0.2) is 0 Å². The Morgan fingerprint density at radius 1 is 1.00 bits per heavy atom. The predicted molar refractivity (Wildman–Crippen MR) is 76.9 cm³/mol. The van der Waals surface area contributed by atoms with E-state index < -0.39 is 0 Å². The number of halogens is 1. The molecule has 0 unspecified atom stereocenters. The van der Waals surface area contributed by atoms with Crippen molar-refractivity contribution in [1.29, 1.82) is 0 Å². The highest BCUT2D eigenvalue weighted by Crippen LogP contribution is 2.34. The van der Waals surface area contributed by atoms with Gasteiger partial charge in [0.05, 0.1) is 0 Å². The molecule has 1 aliphatic carbocycles. The van der Waals surface area contributed by atoms with E-state index in [0.717, 1.165) is 10.9 Å². The van der Waals surface area contributed by atoms with Crippen molar-refractivity contribution in [2.75, 3.05) is 0 Å². The molecule has 0 amide bonds. The van der Waals surface area contributed by atoms with E-state index in [1.165, 1.54) is 27.8 Å². The van der Waals surface area contributed by atoms with Crippen LogP contribution in [0.25, 0.3) is 17.2 Å². The summed E-state index contributed by atoms with van der Waals surface area (Å²) in [6.07, 6.45) is 3.37. The molecule has 0 aromatic heterocycles. The molecule has 0 aliphatic heterocycles. The molecule has 2 aromatic carbocycles. The summed E-state index contributed by atoms with van der Waals surface area (Å²) < 4.78 is 1.13. The molecule has 0 saturated carbocycles. The highest BCUT2D eigenvalue weighted by molar-refractivity contribution is 9.10. The van der Waals surface area contributed by atoms with E-state index in [1.807, 2.05) is 0 Å². The largest absolute Gasteiger partial charge is 0.0683 e. The third kappa shape index (κ3) is 1.96. The van der Waals surface area contributed by atoms with Crippen LogP contribution >= 0.6 is 15.9 Å². The van der Waals surface area contributed by atoms with Gasteiger partial charge in [-0.3, -0.25) is 0 Å². The van der Waals surface area contributed by atoms with Crippen LogP contribution in [0.4, 0.5) is 0 Å². The van der Waals surface area contributed by atoms with Crippen molar-refractivity contribution < 1.29 is 0 Å². The Morgan fingerprint density at radius 2 is 1.76 bits per heavy atom. The quantitative estimate of drug-likeness (QED) is 0.685. The van der Waals surface area contributed by atoms with Gasteiger partial charge in [0.25, 0.3) is 0 Å². The first-order valence-electron chi connectivity index (χ1n) is 5.79. The lowest BCUT2D eigenvalue weighted by molar-refractivity contribution is 1.20. The van der Waals surface area contributed by atoms with Gasteiger partial charge in [0, 0.05) is 4.47 Å². The summed E-state index contributed by atoms with van der Waals surface area (Å²) >= 11 is 3.48. The second-order valence-electron chi connectivity index (χ2n) is 4.55. The van der Waals surface area contributed by atoms with Crippen LogP contribution in [0.5, 0.6) is 0 Å². The third-order valence-corrected chi connectivity index (χ3v) is 3.75. The fourth-order valence-electron chi connectivity index (χ4n) is 2.43. The predicted octanol–water partition coefficient (Wildman–Crippen LogP) is 5.08. The topological polar surface area (TPSA) is 0 Å². The van der Waals surface area contributed by atoms with Gasteiger partial charge in [-0.15, -0.1) is 0 Å². The first kappa shape index (κ1) is 10.8. The number of allylic oxidation sites excluding steroid dienone is 1. The first-order valence-corrected chi connectivity index (χ1v) is 6.58. The standard InChI is InChI=1S/C16H13Br/c1-11-9-13-3-2-4-15(16(13)10-11)12-5-7-14(17)8-6-12/h2-9H,10H2,1H3. The van der Waals surface area contributed by atoms with Crippen molar-refractivity contribution in [3.63, 3.8) is 0 Å². The van der Waals surface area contributed by atoms with Gasteiger partial charge in [-0.2, -0.15) is 0 Å². The molecular weight excluding hydrogens is 272 g/mol. The van der Waals surface area contributed by atoms with E-state index in [2.05, 4.69) is 71.4 Å². The zero-order valence-electron chi connectivity index (χ0n) is 9.70. The maximum Gasteiger partial charge on any atom is 0.0175 e. The Kier molecular flexibility index (Phi) is 2.64. The molecule has 2 aromatic rings. The first-order chi connectivity index (χ1) is 8.24. The van der Waals surface area contributed by atoms with Crippen molar-refractivity contribution in [2.24, 2.45) is 0 Å². The molecule has 0 radical (unpaired) electrons. The van der Waals surface area contributed by atoms with Gasteiger partial charge >= 0.3 is 0 Å². The second-order valence-corrected chi connectivity index (χ2v) is 5.46. The highest BCUT2D eigenvalue weighted by Gasteiger charge is 2.14. The van der Waals surface area contributed by atoms with Gasteiger partial charge < -0.3 is 0 Å². The van der Waals surface area contributed by atoms with Crippen LogP contribution in [-0.2, 0) is 6.42 Å². The molecule has 17 heavy (non-hydrogen) atoms. The lowest BCUT2D eigenvalue weighted by Gasteiger charge is -2.09. The molecule has 0 fully saturated rings. The number of rotatable bonds is 1. The van der Waals surface area contributed by atoms with Gasteiger partial charge in [0.2, 0.25) is 0 Å². The molecule has 1 aliphatic rings. The van der Waals surface area contributed by atoms with E-state index in [0.29, 0.717) is 0 Å². The van der Waals surface area contributed by atoms with Crippen molar-refractivity contribution in [3.05, 3.63) is 63.6 Å². The fourth-order valence-corrected chi connectivity index (χ4v) is 2.70. The average Bonchev–Trinajstić information content (AvgIpc) is 2.70. The van der Waals surface area contributed by atoms with Gasteiger partial charge in [0.1, 0.15) is 0 Å². The van der Waals surface area contributed by atoms with Gasteiger partial charge in [-0.05, 0) is 47.7 Å². The minimum absolute atomic E-state index is 1.08. The lowest BCUT2D eigenvalue weighted by atomic mass is 9.96. The van der Waals surface area contributed by atoms with Crippen molar-refractivity contribution in [3.8, 4) is 11.1 Å². The van der Waals surface area contributed by atoms with Crippen molar-refractivity contribution in [1.82, 2.24) is 0 Å². The summed E-state index contributed by atoms with van der Waals surface area (Å²) in [6.45, 7) is 2.20. The minimum atomic E-state index is 1.08. The molecular formula is C16H13Br. The Balaban J connectivity index is 2.12. The SMILES string of the molecule is CC1=Cc2cccc(-c3ccc(Br)cc3)c2C1. The summed E-state index contributed by atoms with van der Waals surface area (Å²) in [7, 11) is 0. The molecule has 0 spiro atoms. The maximum absolute atomic E-state index is 3.48. The Labute approximate surface area is 110 Å². The van der Waals surface area contributed by atoms with Crippen LogP contribution in [0.15, 0.2) is 52.5 Å². The van der Waals surface area contributed by atoms with Crippen molar-refractivity contribution in [2.45, 2.75) is 13.3 Å². The summed E-state index contributed by atoms with van der Waals surface area (Å²) in [5.74, 6) is 0. The molecule has 0 nitrogen and oxygen atoms in total. The molecule has 0 atom stereocenters. The van der Waals surface area contributed by atoms with Crippen LogP contribution in [0.2, 0.25) is 0 Å².